The quantitative estimate of drug-likeness (QED) is 0.590. The van der Waals surface area contributed by atoms with E-state index in [1.165, 1.54) is 0 Å². The van der Waals surface area contributed by atoms with Crippen LogP contribution in [0.5, 0.6) is 11.5 Å². The van der Waals surface area contributed by atoms with Gasteiger partial charge in [-0.1, -0.05) is 26.0 Å². The lowest BCUT2D eigenvalue weighted by atomic mass is 10.0. The number of carbonyl (C=O) groups is 2. The molecular weight excluding hydrogens is 342 g/mol. The van der Waals surface area contributed by atoms with E-state index in [0.29, 0.717) is 12.3 Å². The van der Waals surface area contributed by atoms with E-state index >= 15 is 0 Å². The minimum absolute atomic E-state index is 0.0737. The van der Waals surface area contributed by atoms with E-state index in [-0.39, 0.29) is 24.2 Å². The van der Waals surface area contributed by atoms with Crippen molar-refractivity contribution in [1.82, 2.24) is 0 Å². The molecule has 0 unspecified atom stereocenters. The molecule has 0 spiro atoms. The predicted molar refractivity (Wildman–Crippen MR) is 104 cm³/mol. The highest BCUT2D eigenvalue weighted by Crippen LogP contribution is 2.31. The first-order valence-electron chi connectivity index (χ1n) is 9.15. The topological polar surface area (TPSA) is 55.8 Å². The molecule has 1 saturated heterocycles. The van der Waals surface area contributed by atoms with Crippen LogP contribution in [0.1, 0.15) is 37.3 Å². The SMILES string of the molecule is COc1ccc(N2C[C@@H](C(=O)Oc3cc(C)ccc3C(C)C)CC2=O)cc1. The zero-order chi connectivity index (χ0) is 19.6. The third kappa shape index (κ3) is 4.13. The summed E-state index contributed by atoms with van der Waals surface area (Å²) in [6.45, 7) is 6.41. The van der Waals surface area contributed by atoms with Gasteiger partial charge in [0, 0.05) is 18.7 Å². The first kappa shape index (κ1) is 19.0. The van der Waals surface area contributed by atoms with Gasteiger partial charge in [0.15, 0.2) is 0 Å². The van der Waals surface area contributed by atoms with Gasteiger partial charge >= 0.3 is 5.97 Å². The summed E-state index contributed by atoms with van der Waals surface area (Å²) in [6.07, 6.45) is 0.160. The second kappa shape index (κ2) is 7.82. The number of nitrogens with zero attached hydrogens (tertiary/aromatic N) is 1. The number of esters is 1. The number of aryl methyl sites for hydroxylation is 1. The van der Waals surface area contributed by atoms with Crippen LogP contribution in [0.25, 0.3) is 0 Å². The molecule has 5 heteroatoms. The van der Waals surface area contributed by atoms with Crippen LogP contribution in [0.4, 0.5) is 5.69 Å². The van der Waals surface area contributed by atoms with Gasteiger partial charge in [0.25, 0.3) is 0 Å². The summed E-state index contributed by atoms with van der Waals surface area (Å²) in [5, 5.41) is 0. The van der Waals surface area contributed by atoms with Crippen molar-refractivity contribution in [3.8, 4) is 11.5 Å². The smallest absolute Gasteiger partial charge is 0.316 e. The lowest BCUT2D eigenvalue weighted by molar-refractivity contribution is -0.139. The Morgan fingerprint density at radius 2 is 1.85 bits per heavy atom. The second-order valence-electron chi connectivity index (χ2n) is 7.22. The van der Waals surface area contributed by atoms with Gasteiger partial charge in [0.1, 0.15) is 11.5 Å². The number of amides is 1. The number of rotatable bonds is 5. The highest BCUT2D eigenvalue weighted by Gasteiger charge is 2.36. The van der Waals surface area contributed by atoms with Crippen LogP contribution in [0, 0.1) is 12.8 Å². The zero-order valence-corrected chi connectivity index (χ0v) is 16.2. The molecule has 0 radical (unpaired) electrons. The Morgan fingerprint density at radius 3 is 2.48 bits per heavy atom. The van der Waals surface area contributed by atoms with Crippen LogP contribution in [0.15, 0.2) is 42.5 Å². The van der Waals surface area contributed by atoms with Gasteiger partial charge in [-0.25, -0.2) is 0 Å². The summed E-state index contributed by atoms with van der Waals surface area (Å²) in [4.78, 5) is 26.7. The number of benzene rings is 2. The molecule has 0 N–H and O–H groups in total. The fourth-order valence-electron chi connectivity index (χ4n) is 3.28. The summed E-state index contributed by atoms with van der Waals surface area (Å²) in [6, 6.07) is 13.1. The van der Waals surface area contributed by atoms with E-state index in [9.17, 15) is 9.59 Å². The third-order valence-corrected chi connectivity index (χ3v) is 4.84. The minimum Gasteiger partial charge on any atom is -0.497 e. The van der Waals surface area contributed by atoms with E-state index in [0.717, 1.165) is 22.6 Å². The Morgan fingerprint density at radius 1 is 1.15 bits per heavy atom. The number of hydrogen-bond donors (Lipinski definition) is 0. The van der Waals surface area contributed by atoms with Gasteiger partial charge < -0.3 is 14.4 Å². The molecule has 1 aliphatic rings. The molecule has 1 atom stereocenters. The number of methoxy groups -OCH3 is 1. The molecule has 2 aromatic rings. The molecule has 27 heavy (non-hydrogen) atoms. The Labute approximate surface area is 159 Å². The predicted octanol–water partition coefficient (Wildman–Crippen LogP) is 4.09. The summed E-state index contributed by atoms with van der Waals surface area (Å²) in [5.74, 6) is 0.657. The average Bonchev–Trinajstić information content (AvgIpc) is 3.03. The molecular formula is C22H25NO4. The third-order valence-electron chi connectivity index (χ3n) is 4.84. The van der Waals surface area contributed by atoms with Crippen LogP contribution in [0.2, 0.25) is 0 Å². The standard InChI is InChI=1S/C22H25NO4/c1-14(2)19-10-5-15(3)11-20(19)27-22(25)16-12-21(24)23(13-16)17-6-8-18(26-4)9-7-17/h5-11,14,16H,12-13H2,1-4H3/t16-/m0/s1. The van der Waals surface area contributed by atoms with Crippen molar-refractivity contribution in [2.45, 2.75) is 33.1 Å². The van der Waals surface area contributed by atoms with E-state index in [4.69, 9.17) is 9.47 Å². The molecule has 1 heterocycles. The molecule has 0 bridgehead atoms. The zero-order valence-electron chi connectivity index (χ0n) is 16.2. The van der Waals surface area contributed by atoms with Crippen LogP contribution in [-0.4, -0.2) is 25.5 Å². The lowest BCUT2D eigenvalue weighted by Crippen LogP contribution is -2.27. The molecule has 142 valence electrons. The summed E-state index contributed by atoms with van der Waals surface area (Å²) < 4.78 is 10.8. The average molecular weight is 367 g/mol. The van der Waals surface area contributed by atoms with Crippen molar-refractivity contribution in [1.29, 1.82) is 0 Å². The van der Waals surface area contributed by atoms with Crippen molar-refractivity contribution in [2.24, 2.45) is 5.92 Å². The molecule has 1 fully saturated rings. The van der Waals surface area contributed by atoms with Crippen molar-refractivity contribution in [2.75, 3.05) is 18.6 Å². The maximum absolute atomic E-state index is 12.7. The summed E-state index contributed by atoms with van der Waals surface area (Å²) in [5.41, 5.74) is 2.78. The molecule has 3 rings (SSSR count). The molecule has 1 aliphatic heterocycles. The first-order valence-corrected chi connectivity index (χ1v) is 9.15. The maximum atomic E-state index is 12.7. The minimum atomic E-state index is -0.472. The van der Waals surface area contributed by atoms with Gasteiger partial charge in [-0.05, 0) is 54.3 Å². The van der Waals surface area contributed by atoms with Gasteiger partial charge in [-0.3, -0.25) is 9.59 Å². The number of ether oxygens (including phenoxy) is 2. The fraction of sp³-hybridized carbons (Fsp3) is 0.364. The molecule has 0 saturated carbocycles. The van der Waals surface area contributed by atoms with Gasteiger partial charge in [0.05, 0.1) is 13.0 Å². The number of anilines is 1. The molecule has 0 aliphatic carbocycles. The van der Waals surface area contributed by atoms with Gasteiger partial charge in [0.2, 0.25) is 5.91 Å². The molecule has 1 amide bonds. The first-order chi connectivity index (χ1) is 12.9. The van der Waals surface area contributed by atoms with Crippen LogP contribution >= 0.6 is 0 Å². The van der Waals surface area contributed by atoms with Crippen LogP contribution in [0.3, 0.4) is 0 Å². The molecule has 0 aromatic heterocycles. The monoisotopic (exact) mass is 367 g/mol. The van der Waals surface area contributed by atoms with E-state index in [1.807, 2.05) is 37.3 Å². The van der Waals surface area contributed by atoms with Gasteiger partial charge in [-0.2, -0.15) is 0 Å². The van der Waals surface area contributed by atoms with Gasteiger partial charge in [-0.15, -0.1) is 0 Å². The van der Waals surface area contributed by atoms with Crippen molar-refractivity contribution < 1.29 is 19.1 Å². The van der Waals surface area contributed by atoms with E-state index in [1.54, 1.807) is 24.1 Å². The second-order valence-corrected chi connectivity index (χ2v) is 7.22. The van der Waals surface area contributed by atoms with Crippen LogP contribution < -0.4 is 14.4 Å². The summed E-state index contributed by atoms with van der Waals surface area (Å²) in [7, 11) is 1.60. The van der Waals surface area contributed by atoms with Crippen molar-refractivity contribution >= 4 is 17.6 Å². The molecule has 2 aromatic carbocycles. The Balaban J connectivity index is 1.73. The van der Waals surface area contributed by atoms with Crippen molar-refractivity contribution in [3.63, 3.8) is 0 Å². The highest BCUT2D eigenvalue weighted by atomic mass is 16.5. The maximum Gasteiger partial charge on any atom is 0.316 e. The number of hydrogen-bond acceptors (Lipinski definition) is 4. The lowest BCUT2D eigenvalue weighted by Gasteiger charge is -2.18. The largest absolute Gasteiger partial charge is 0.497 e. The fourth-order valence-corrected chi connectivity index (χ4v) is 3.28. The highest BCUT2D eigenvalue weighted by molar-refractivity contribution is 5.99. The Kier molecular flexibility index (Phi) is 5.49. The number of carbonyl (C=O) groups excluding carboxylic acids is 2. The normalized spacial score (nSPS) is 16.7. The summed E-state index contributed by atoms with van der Waals surface area (Å²) >= 11 is 0. The molecule has 5 nitrogen and oxygen atoms in total. The van der Waals surface area contributed by atoms with E-state index < -0.39 is 5.92 Å². The van der Waals surface area contributed by atoms with Crippen LogP contribution in [-0.2, 0) is 9.59 Å². The Hall–Kier alpha value is -2.82. The Bertz CT molecular complexity index is 842. The van der Waals surface area contributed by atoms with E-state index in [2.05, 4.69) is 13.8 Å². The van der Waals surface area contributed by atoms with Crippen molar-refractivity contribution in [3.05, 3.63) is 53.6 Å².